The number of methoxy groups -OCH3 is 2. The first-order chi connectivity index (χ1) is 23.5. The zero-order chi connectivity index (χ0) is 35.5. The average Bonchev–Trinajstić information content (AvgIpc) is 3.08. The number of hydrogen-bond acceptors (Lipinski definition) is 7. The molecule has 0 aliphatic rings. The van der Waals surface area contributed by atoms with E-state index in [1.807, 2.05) is 88.4 Å². The number of amides is 2. The van der Waals surface area contributed by atoms with Crippen LogP contribution in [0.15, 0.2) is 84.9 Å². The van der Waals surface area contributed by atoms with Gasteiger partial charge in [0.2, 0.25) is 11.8 Å². The molecule has 2 amide bonds. The molecule has 49 heavy (non-hydrogen) atoms. The van der Waals surface area contributed by atoms with Crippen LogP contribution in [0.1, 0.15) is 48.1 Å². The van der Waals surface area contributed by atoms with Crippen LogP contribution in [0.25, 0.3) is 0 Å². The van der Waals surface area contributed by atoms with Crippen molar-refractivity contribution < 1.29 is 33.7 Å². The number of phenols is 1. The lowest BCUT2D eigenvalue weighted by molar-refractivity contribution is -0.132. The van der Waals surface area contributed by atoms with Gasteiger partial charge in [0.15, 0.2) is 5.78 Å². The predicted molar refractivity (Wildman–Crippen MR) is 189 cm³/mol. The van der Waals surface area contributed by atoms with Crippen LogP contribution in [0.2, 0.25) is 0 Å². The maximum atomic E-state index is 14.0. The van der Waals surface area contributed by atoms with Crippen LogP contribution in [0.4, 0.5) is 0 Å². The first-order valence-corrected chi connectivity index (χ1v) is 16.4. The molecule has 0 saturated heterocycles. The van der Waals surface area contributed by atoms with Gasteiger partial charge in [-0.2, -0.15) is 0 Å². The largest absolute Gasteiger partial charge is 0.507 e. The monoisotopic (exact) mass is 666 g/mol. The van der Waals surface area contributed by atoms with Gasteiger partial charge in [-0.15, -0.1) is 0 Å². The van der Waals surface area contributed by atoms with Crippen molar-refractivity contribution in [2.75, 3.05) is 14.2 Å². The number of nitrogens with one attached hydrogen (secondary N) is 2. The Hall–Kier alpha value is -5.31. The molecule has 0 saturated carbocycles. The number of rotatable bonds is 16. The summed E-state index contributed by atoms with van der Waals surface area (Å²) in [6.45, 7) is 7.79. The SMILES string of the molecule is COc1ccc(CNC(=O)C(CC(=O)[C@H](Cc2cc(C)c(C)c(OC)c2)NC(=O)Cc2cccc(Oc3ccccc3)c2)C(C)C)c(O)c1. The molecular weight excluding hydrogens is 620 g/mol. The topological polar surface area (TPSA) is 123 Å². The van der Waals surface area contributed by atoms with Gasteiger partial charge in [0.25, 0.3) is 0 Å². The van der Waals surface area contributed by atoms with Crippen LogP contribution in [-0.4, -0.2) is 43.0 Å². The minimum Gasteiger partial charge on any atom is -0.507 e. The van der Waals surface area contributed by atoms with E-state index in [9.17, 15) is 19.5 Å². The van der Waals surface area contributed by atoms with Crippen LogP contribution in [0.5, 0.6) is 28.7 Å². The molecule has 0 heterocycles. The van der Waals surface area contributed by atoms with E-state index in [1.165, 1.54) is 13.2 Å². The van der Waals surface area contributed by atoms with Crippen molar-refractivity contribution in [1.82, 2.24) is 10.6 Å². The molecule has 0 aliphatic carbocycles. The number of aryl methyl sites for hydroxylation is 1. The summed E-state index contributed by atoms with van der Waals surface area (Å²) in [7, 11) is 3.11. The van der Waals surface area contributed by atoms with E-state index in [4.69, 9.17) is 14.2 Å². The Labute approximate surface area is 288 Å². The van der Waals surface area contributed by atoms with E-state index in [1.54, 1.807) is 25.3 Å². The number of para-hydroxylation sites is 1. The van der Waals surface area contributed by atoms with E-state index in [0.717, 1.165) is 22.3 Å². The van der Waals surface area contributed by atoms with Crippen LogP contribution >= 0.6 is 0 Å². The second kappa shape index (κ2) is 17.2. The molecule has 0 aliphatic heterocycles. The standard InChI is InChI=1S/C40H46N2O7/c1-25(2)34(40(46)41-24-30-15-16-32(47-5)22-36(30)43)23-37(44)35(19-29-17-26(3)27(4)38(20-29)48-6)42-39(45)21-28-11-10-14-33(18-28)49-31-12-8-7-9-13-31/h7-18,20,22,25,34-35,43H,19,21,23-24H2,1-6H3,(H,41,46)(H,42,45)/t34?,35-/m0/s1. The fourth-order valence-electron chi connectivity index (χ4n) is 5.61. The fraction of sp³-hybridized carbons (Fsp3) is 0.325. The first-order valence-electron chi connectivity index (χ1n) is 16.4. The number of Topliss-reactive ketones (excluding diaryl/α,β-unsaturated/α-hetero) is 1. The number of benzene rings is 4. The molecule has 2 atom stereocenters. The second-order valence-corrected chi connectivity index (χ2v) is 12.5. The molecular formula is C40H46N2O7. The number of ether oxygens (including phenoxy) is 3. The third-order valence-corrected chi connectivity index (χ3v) is 8.61. The van der Waals surface area contributed by atoms with E-state index in [2.05, 4.69) is 10.6 Å². The minimum absolute atomic E-state index is 0.000541. The van der Waals surface area contributed by atoms with Gasteiger partial charge in [-0.1, -0.05) is 50.2 Å². The Kier molecular flexibility index (Phi) is 12.8. The fourth-order valence-corrected chi connectivity index (χ4v) is 5.61. The molecule has 4 rings (SSSR count). The molecule has 258 valence electrons. The highest BCUT2D eigenvalue weighted by atomic mass is 16.5. The average molecular weight is 667 g/mol. The van der Waals surface area contributed by atoms with Crippen molar-refractivity contribution in [2.45, 2.75) is 59.5 Å². The number of aromatic hydroxyl groups is 1. The molecule has 0 bridgehead atoms. The Morgan fingerprint density at radius 1 is 0.796 bits per heavy atom. The molecule has 1 unspecified atom stereocenters. The summed E-state index contributed by atoms with van der Waals surface area (Å²) in [5.41, 5.74) is 4.08. The van der Waals surface area contributed by atoms with Gasteiger partial charge in [0.1, 0.15) is 28.7 Å². The first kappa shape index (κ1) is 36.5. The summed E-state index contributed by atoms with van der Waals surface area (Å²) < 4.78 is 16.7. The zero-order valence-corrected chi connectivity index (χ0v) is 29.0. The number of ketones is 1. The van der Waals surface area contributed by atoms with Crippen molar-refractivity contribution in [1.29, 1.82) is 0 Å². The summed E-state index contributed by atoms with van der Waals surface area (Å²) >= 11 is 0. The van der Waals surface area contributed by atoms with Crippen molar-refractivity contribution in [3.05, 3.63) is 113 Å². The molecule has 0 spiro atoms. The Morgan fingerprint density at radius 2 is 1.53 bits per heavy atom. The minimum atomic E-state index is -0.886. The van der Waals surface area contributed by atoms with Crippen LogP contribution < -0.4 is 24.8 Å². The van der Waals surface area contributed by atoms with Crippen LogP contribution in [-0.2, 0) is 33.8 Å². The predicted octanol–water partition coefficient (Wildman–Crippen LogP) is 6.64. The summed E-state index contributed by atoms with van der Waals surface area (Å²) in [5, 5.41) is 16.2. The second-order valence-electron chi connectivity index (χ2n) is 12.5. The van der Waals surface area contributed by atoms with E-state index < -0.39 is 12.0 Å². The normalized spacial score (nSPS) is 12.1. The van der Waals surface area contributed by atoms with E-state index in [-0.39, 0.29) is 55.1 Å². The van der Waals surface area contributed by atoms with Gasteiger partial charge in [-0.25, -0.2) is 0 Å². The molecule has 9 heteroatoms. The summed E-state index contributed by atoms with van der Waals surface area (Å²) in [4.78, 5) is 40.9. The molecule has 0 radical (unpaired) electrons. The number of phenolic OH excluding ortho intramolecular Hbond substituents is 1. The third-order valence-electron chi connectivity index (χ3n) is 8.61. The zero-order valence-electron chi connectivity index (χ0n) is 29.0. The van der Waals surface area contributed by atoms with Crippen molar-refractivity contribution in [3.63, 3.8) is 0 Å². The van der Waals surface area contributed by atoms with Crippen molar-refractivity contribution >= 4 is 17.6 Å². The molecule has 4 aromatic rings. The lowest BCUT2D eigenvalue weighted by Gasteiger charge is -2.24. The smallest absolute Gasteiger partial charge is 0.225 e. The highest BCUT2D eigenvalue weighted by Gasteiger charge is 2.30. The Balaban J connectivity index is 1.51. The quantitative estimate of drug-likeness (QED) is 0.123. The van der Waals surface area contributed by atoms with Crippen LogP contribution in [0, 0.1) is 25.7 Å². The van der Waals surface area contributed by atoms with Gasteiger partial charge in [-0.3, -0.25) is 14.4 Å². The third kappa shape index (κ3) is 10.3. The van der Waals surface area contributed by atoms with Gasteiger partial charge >= 0.3 is 0 Å². The molecule has 9 nitrogen and oxygen atoms in total. The van der Waals surface area contributed by atoms with Gasteiger partial charge < -0.3 is 30.0 Å². The Morgan fingerprint density at radius 3 is 2.20 bits per heavy atom. The lowest BCUT2D eigenvalue weighted by atomic mass is 9.86. The number of carbonyl (C=O) groups is 3. The maximum absolute atomic E-state index is 14.0. The summed E-state index contributed by atoms with van der Waals surface area (Å²) in [6.07, 6.45) is 0.183. The highest BCUT2D eigenvalue weighted by Crippen LogP contribution is 2.27. The highest BCUT2D eigenvalue weighted by molar-refractivity contribution is 5.93. The molecule has 3 N–H and O–H groups in total. The van der Waals surface area contributed by atoms with Crippen molar-refractivity contribution in [2.24, 2.45) is 11.8 Å². The van der Waals surface area contributed by atoms with Crippen molar-refractivity contribution in [3.8, 4) is 28.7 Å². The molecule has 4 aromatic carbocycles. The summed E-state index contributed by atoms with van der Waals surface area (Å²) in [5.74, 6) is 0.757. The van der Waals surface area contributed by atoms with E-state index >= 15 is 0 Å². The molecule has 0 aromatic heterocycles. The van der Waals surface area contributed by atoms with Gasteiger partial charge in [0.05, 0.1) is 26.7 Å². The Bertz CT molecular complexity index is 1750. The maximum Gasteiger partial charge on any atom is 0.225 e. The van der Waals surface area contributed by atoms with E-state index in [0.29, 0.717) is 28.6 Å². The lowest BCUT2D eigenvalue weighted by Crippen LogP contribution is -2.45. The molecule has 0 fully saturated rings. The van der Waals surface area contributed by atoms with Crippen LogP contribution in [0.3, 0.4) is 0 Å². The van der Waals surface area contributed by atoms with Gasteiger partial charge in [0, 0.05) is 30.5 Å². The van der Waals surface area contributed by atoms with Gasteiger partial charge in [-0.05, 0) is 90.9 Å². The number of carbonyl (C=O) groups excluding carboxylic acids is 3. The summed E-state index contributed by atoms with van der Waals surface area (Å²) in [6, 6.07) is 24.5. The number of hydrogen-bond donors (Lipinski definition) is 3.